The lowest BCUT2D eigenvalue weighted by atomic mass is 10.1. The second-order valence-electron chi connectivity index (χ2n) is 7.84. The number of carbonyl (C=O) groups is 1. The van der Waals surface area contributed by atoms with Gasteiger partial charge in [-0.15, -0.1) is 0 Å². The largest absolute Gasteiger partial charge is 0.308 e. The summed E-state index contributed by atoms with van der Waals surface area (Å²) in [6.07, 6.45) is 0. The molecule has 0 bridgehead atoms. The normalized spacial score (nSPS) is 11.8. The van der Waals surface area contributed by atoms with E-state index in [2.05, 4.69) is 49.8 Å². The minimum Gasteiger partial charge on any atom is -0.308 e. The number of hydrogen-bond acceptors (Lipinski definition) is 5. The van der Waals surface area contributed by atoms with Gasteiger partial charge in [-0.1, -0.05) is 23.5 Å². The van der Waals surface area contributed by atoms with Crippen molar-refractivity contribution in [3.8, 4) is 0 Å². The Morgan fingerprint density at radius 1 is 1.14 bits per heavy atom. The molecule has 0 aliphatic heterocycles. The number of amides is 1. The van der Waals surface area contributed by atoms with E-state index < -0.39 is 0 Å². The molecule has 0 fully saturated rings. The van der Waals surface area contributed by atoms with Crippen LogP contribution in [-0.4, -0.2) is 52.8 Å². The van der Waals surface area contributed by atoms with Crippen molar-refractivity contribution in [2.45, 2.75) is 40.7 Å². The molecule has 1 aromatic carbocycles. The van der Waals surface area contributed by atoms with Crippen molar-refractivity contribution in [3.05, 3.63) is 40.7 Å². The number of rotatable bonds is 6. The standard InChI is InChI=1S/C21H29N5OS/c1-13(2)26-16(5)12-17(23-26)20(27)25(11-10-24(6)7)21-22-18-14(3)8-9-15(4)19(18)28-21/h8-9,12-13H,10-11H2,1-7H3. The summed E-state index contributed by atoms with van der Waals surface area (Å²) >= 11 is 1.58. The fraction of sp³-hybridized carbons (Fsp3) is 0.476. The fourth-order valence-electron chi connectivity index (χ4n) is 3.20. The van der Waals surface area contributed by atoms with Crippen molar-refractivity contribution < 1.29 is 4.79 Å². The highest BCUT2D eigenvalue weighted by atomic mass is 32.1. The van der Waals surface area contributed by atoms with Gasteiger partial charge in [0.2, 0.25) is 0 Å². The summed E-state index contributed by atoms with van der Waals surface area (Å²) in [4.78, 5) is 22.1. The van der Waals surface area contributed by atoms with Gasteiger partial charge in [0.15, 0.2) is 10.8 Å². The minimum absolute atomic E-state index is 0.0984. The maximum absolute atomic E-state index is 13.4. The molecule has 3 aromatic rings. The molecule has 150 valence electrons. The molecule has 0 aliphatic carbocycles. The van der Waals surface area contributed by atoms with E-state index in [4.69, 9.17) is 4.98 Å². The van der Waals surface area contributed by atoms with Crippen LogP contribution < -0.4 is 4.90 Å². The van der Waals surface area contributed by atoms with Crippen molar-refractivity contribution in [1.29, 1.82) is 0 Å². The third-order valence-electron chi connectivity index (χ3n) is 4.81. The Morgan fingerprint density at radius 3 is 2.39 bits per heavy atom. The summed E-state index contributed by atoms with van der Waals surface area (Å²) in [7, 11) is 4.01. The number of carbonyl (C=O) groups excluding carboxylic acids is 1. The van der Waals surface area contributed by atoms with Gasteiger partial charge in [-0.25, -0.2) is 4.98 Å². The summed E-state index contributed by atoms with van der Waals surface area (Å²) in [6.45, 7) is 11.6. The third kappa shape index (κ3) is 3.95. The molecule has 0 N–H and O–H groups in total. The Hall–Kier alpha value is -2.25. The van der Waals surface area contributed by atoms with Crippen molar-refractivity contribution >= 4 is 32.6 Å². The maximum atomic E-state index is 13.4. The molecule has 0 aliphatic rings. The fourth-order valence-corrected chi connectivity index (χ4v) is 4.34. The topological polar surface area (TPSA) is 54.3 Å². The zero-order valence-corrected chi connectivity index (χ0v) is 18.6. The van der Waals surface area contributed by atoms with E-state index in [1.165, 1.54) is 5.56 Å². The van der Waals surface area contributed by atoms with Gasteiger partial charge < -0.3 is 4.90 Å². The van der Waals surface area contributed by atoms with Crippen molar-refractivity contribution in [1.82, 2.24) is 19.7 Å². The van der Waals surface area contributed by atoms with E-state index in [1.807, 2.05) is 31.8 Å². The summed E-state index contributed by atoms with van der Waals surface area (Å²) in [6, 6.07) is 6.28. The van der Waals surface area contributed by atoms with Gasteiger partial charge in [-0.2, -0.15) is 5.10 Å². The van der Waals surface area contributed by atoms with Crippen molar-refractivity contribution in [2.75, 3.05) is 32.1 Å². The van der Waals surface area contributed by atoms with Crippen molar-refractivity contribution in [3.63, 3.8) is 0 Å². The average molecular weight is 400 g/mol. The molecule has 0 radical (unpaired) electrons. The number of fused-ring (bicyclic) bond motifs is 1. The van der Waals surface area contributed by atoms with Gasteiger partial charge in [-0.05, 0) is 65.9 Å². The van der Waals surface area contributed by atoms with E-state index in [-0.39, 0.29) is 11.9 Å². The highest BCUT2D eigenvalue weighted by Gasteiger charge is 2.25. The molecule has 7 heteroatoms. The molecule has 2 heterocycles. The Bertz CT molecular complexity index is 963. The highest BCUT2D eigenvalue weighted by molar-refractivity contribution is 7.22. The van der Waals surface area contributed by atoms with Gasteiger partial charge in [0, 0.05) is 24.8 Å². The summed E-state index contributed by atoms with van der Waals surface area (Å²) in [5.41, 5.74) is 4.75. The van der Waals surface area contributed by atoms with Crippen LogP contribution in [0, 0.1) is 20.8 Å². The van der Waals surface area contributed by atoms with Gasteiger partial charge in [0.25, 0.3) is 5.91 Å². The molecule has 28 heavy (non-hydrogen) atoms. The second kappa shape index (κ2) is 8.01. The van der Waals surface area contributed by atoms with Crippen LogP contribution in [-0.2, 0) is 0 Å². The molecule has 3 rings (SSSR count). The molecule has 0 saturated carbocycles. The molecular formula is C21H29N5OS. The van der Waals surface area contributed by atoms with E-state index in [0.29, 0.717) is 12.2 Å². The van der Waals surface area contributed by atoms with E-state index in [1.54, 1.807) is 16.2 Å². The number of likely N-dealkylation sites (N-methyl/N-ethyl adjacent to an activating group) is 1. The number of aryl methyl sites for hydroxylation is 3. The zero-order valence-electron chi connectivity index (χ0n) is 17.8. The second-order valence-corrected chi connectivity index (χ2v) is 8.82. The number of aromatic nitrogens is 3. The number of anilines is 1. The predicted molar refractivity (Wildman–Crippen MR) is 117 cm³/mol. The Kier molecular flexibility index (Phi) is 5.86. The highest BCUT2D eigenvalue weighted by Crippen LogP contribution is 2.33. The smallest absolute Gasteiger partial charge is 0.280 e. The monoisotopic (exact) mass is 399 g/mol. The molecule has 0 unspecified atom stereocenters. The molecule has 1 amide bonds. The first-order valence-corrected chi connectivity index (χ1v) is 10.4. The number of hydrogen-bond donors (Lipinski definition) is 0. The molecular weight excluding hydrogens is 370 g/mol. The van der Waals surface area contributed by atoms with Gasteiger partial charge in [0.1, 0.15) is 0 Å². The third-order valence-corrected chi connectivity index (χ3v) is 6.02. The molecule has 2 aromatic heterocycles. The van der Waals surface area contributed by atoms with Crippen LogP contribution in [0.15, 0.2) is 18.2 Å². The van der Waals surface area contributed by atoms with Crippen LogP contribution in [0.4, 0.5) is 5.13 Å². The van der Waals surface area contributed by atoms with Crippen LogP contribution >= 0.6 is 11.3 Å². The summed E-state index contributed by atoms with van der Waals surface area (Å²) in [5, 5.41) is 5.29. The first-order valence-electron chi connectivity index (χ1n) is 9.58. The maximum Gasteiger partial charge on any atom is 0.280 e. The van der Waals surface area contributed by atoms with Crippen LogP contribution in [0.2, 0.25) is 0 Å². The number of benzene rings is 1. The summed E-state index contributed by atoms with van der Waals surface area (Å²) < 4.78 is 3.03. The predicted octanol–water partition coefficient (Wildman–Crippen LogP) is 4.21. The molecule has 0 atom stereocenters. The van der Waals surface area contributed by atoms with E-state index >= 15 is 0 Å². The lowest BCUT2D eigenvalue weighted by Crippen LogP contribution is -2.37. The van der Waals surface area contributed by atoms with Gasteiger partial charge >= 0.3 is 0 Å². The number of nitrogens with zero attached hydrogens (tertiary/aromatic N) is 5. The van der Waals surface area contributed by atoms with E-state index in [9.17, 15) is 4.79 Å². The zero-order chi connectivity index (χ0) is 20.6. The Balaban J connectivity index is 2.04. The Labute approximate surface area is 170 Å². The first-order chi connectivity index (χ1) is 13.2. The SMILES string of the molecule is Cc1ccc(C)c2sc(N(CCN(C)C)C(=O)c3cc(C)n(C(C)C)n3)nc12. The van der Waals surface area contributed by atoms with Crippen LogP contribution in [0.1, 0.15) is 47.2 Å². The van der Waals surface area contributed by atoms with Crippen molar-refractivity contribution in [2.24, 2.45) is 0 Å². The van der Waals surface area contributed by atoms with Crippen LogP contribution in [0.5, 0.6) is 0 Å². The first kappa shape index (κ1) is 20.5. The van der Waals surface area contributed by atoms with Crippen LogP contribution in [0.3, 0.4) is 0 Å². The average Bonchev–Trinajstić information content (AvgIpc) is 3.23. The van der Waals surface area contributed by atoms with E-state index in [0.717, 1.165) is 33.2 Å². The van der Waals surface area contributed by atoms with Gasteiger partial charge in [0.05, 0.1) is 10.2 Å². The molecule has 6 nitrogen and oxygen atoms in total. The quantitative estimate of drug-likeness (QED) is 0.623. The lowest BCUT2D eigenvalue weighted by Gasteiger charge is -2.21. The lowest BCUT2D eigenvalue weighted by molar-refractivity contribution is 0.0979. The van der Waals surface area contributed by atoms with Gasteiger partial charge in [-0.3, -0.25) is 14.4 Å². The number of thiazole rings is 1. The molecule has 0 spiro atoms. The Morgan fingerprint density at radius 2 is 1.82 bits per heavy atom. The summed E-state index contributed by atoms with van der Waals surface area (Å²) in [5.74, 6) is -0.0984. The van der Waals surface area contributed by atoms with Crippen LogP contribution in [0.25, 0.3) is 10.2 Å². The molecule has 0 saturated heterocycles. The minimum atomic E-state index is -0.0984.